The van der Waals surface area contributed by atoms with E-state index in [9.17, 15) is 0 Å². The van der Waals surface area contributed by atoms with Gasteiger partial charge in [-0.25, -0.2) is 9.97 Å². The fraction of sp³-hybridized carbons (Fsp3) is 0.636. The molecular formula is C11H18Cl2N4S. The fourth-order valence-corrected chi connectivity index (χ4v) is 2.52. The number of piperidine rings is 1. The largest absolute Gasteiger partial charge is 0.368 e. The molecule has 0 bridgehead atoms. The maximum Gasteiger partial charge on any atom is 0.190 e. The SMILES string of the molecule is CSc1nc(Cl)cc(NCC2CCCCN2)n1.Cl. The third kappa shape index (κ3) is 4.80. The van der Waals surface area contributed by atoms with Crippen LogP contribution in [0.15, 0.2) is 11.2 Å². The van der Waals surface area contributed by atoms with E-state index in [0.717, 1.165) is 18.9 Å². The standard InChI is InChI=1S/C11H17ClN4S.ClH/c1-17-11-15-9(12)6-10(16-11)14-7-8-4-2-3-5-13-8;/h6,8,13H,2-5,7H2,1H3,(H,14,15,16);1H. The Hall–Kier alpha value is -0.230. The Morgan fingerprint density at radius 3 is 3.00 bits per heavy atom. The minimum absolute atomic E-state index is 0. The van der Waals surface area contributed by atoms with E-state index >= 15 is 0 Å². The molecule has 2 rings (SSSR count). The predicted molar refractivity (Wildman–Crippen MR) is 80.2 cm³/mol. The van der Waals surface area contributed by atoms with Gasteiger partial charge in [-0.15, -0.1) is 12.4 Å². The quantitative estimate of drug-likeness (QED) is 0.509. The molecule has 2 heterocycles. The molecule has 4 nitrogen and oxygen atoms in total. The lowest BCUT2D eigenvalue weighted by Crippen LogP contribution is -2.39. The summed E-state index contributed by atoms with van der Waals surface area (Å²) in [6.07, 6.45) is 5.76. The maximum atomic E-state index is 5.93. The third-order valence-electron chi connectivity index (χ3n) is 2.80. The Bertz CT molecular complexity index is 372. The first-order chi connectivity index (χ1) is 8.28. The molecule has 1 aromatic rings. The van der Waals surface area contributed by atoms with Crippen molar-refractivity contribution in [2.24, 2.45) is 0 Å². The van der Waals surface area contributed by atoms with Gasteiger partial charge in [-0.05, 0) is 25.6 Å². The van der Waals surface area contributed by atoms with Gasteiger partial charge in [-0.3, -0.25) is 0 Å². The summed E-state index contributed by atoms with van der Waals surface area (Å²) in [4.78, 5) is 8.47. The molecule has 0 spiro atoms. The molecule has 1 unspecified atom stereocenters. The first-order valence-electron chi connectivity index (χ1n) is 5.84. The molecule has 0 radical (unpaired) electrons. The minimum atomic E-state index is 0. The first kappa shape index (κ1) is 15.8. The van der Waals surface area contributed by atoms with E-state index in [1.165, 1.54) is 31.0 Å². The second kappa shape index (κ2) is 8.04. The van der Waals surface area contributed by atoms with Crippen molar-refractivity contribution in [1.29, 1.82) is 0 Å². The maximum absolute atomic E-state index is 5.93. The number of hydrogen-bond donors (Lipinski definition) is 2. The molecule has 7 heteroatoms. The molecule has 1 aliphatic heterocycles. The van der Waals surface area contributed by atoms with E-state index in [2.05, 4.69) is 20.6 Å². The van der Waals surface area contributed by atoms with Crippen LogP contribution < -0.4 is 10.6 Å². The van der Waals surface area contributed by atoms with Crippen molar-refractivity contribution in [3.63, 3.8) is 0 Å². The zero-order chi connectivity index (χ0) is 12.1. The summed E-state index contributed by atoms with van der Waals surface area (Å²) in [6.45, 7) is 2.01. The van der Waals surface area contributed by atoms with Crippen molar-refractivity contribution >= 4 is 41.6 Å². The zero-order valence-electron chi connectivity index (χ0n) is 10.3. The summed E-state index contributed by atoms with van der Waals surface area (Å²) in [5, 5.41) is 8.00. The molecule has 1 fully saturated rings. The number of halogens is 2. The molecule has 1 atom stereocenters. The van der Waals surface area contributed by atoms with Crippen LogP contribution in [-0.2, 0) is 0 Å². The molecular weight excluding hydrogens is 291 g/mol. The molecule has 0 saturated carbocycles. The number of rotatable bonds is 4. The summed E-state index contributed by atoms with van der Waals surface area (Å²) in [7, 11) is 0. The van der Waals surface area contributed by atoms with Crippen LogP contribution in [0.1, 0.15) is 19.3 Å². The molecule has 102 valence electrons. The molecule has 1 saturated heterocycles. The lowest BCUT2D eigenvalue weighted by molar-refractivity contribution is 0.414. The lowest BCUT2D eigenvalue weighted by Gasteiger charge is -2.23. The number of hydrogen-bond acceptors (Lipinski definition) is 5. The molecule has 1 aliphatic rings. The summed E-state index contributed by atoms with van der Waals surface area (Å²) in [5.74, 6) is 0.807. The van der Waals surface area contributed by atoms with Crippen LogP contribution in [0.5, 0.6) is 0 Å². The Labute approximate surface area is 123 Å². The van der Waals surface area contributed by atoms with E-state index in [1.54, 1.807) is 6.07 Å². The Kier molecular flexibility index (Phi) is 7.07. The van der Waals surface area contributed by atoms with E-state index in [4.69, 9.17) is 11.6 Å². The van der Waals surface area contributed by atoms with Crippen LogP contribution in [0.2, 0.25) is 5.15 Å². The Morgan fingerprint density at radius 1 is 1.50 bits per heavy atom. The molecule has 18 heavy (non-hydrogen) atoms. The normalized spacial score (nSPS) is 19.1. The number of nitrogens with one attached hydrogen (secondary N) is 2. The minimum Gasteiger partial charge on any atom is -0.368 e. The summed E-state index contributed by atoms with van der Waals surface area (Å²) < 4.78 is 0. The number of thioether (sulfide) groups is 1. The first-order valence-corrected chi connectivity index (χ1v) is 7.44. The monoisotopic (exact) mass is 308 g/mol. The predicted octanol–water partition coefficient (Wildman–Crippen LogP) is 2.83. The van der Waals surface area contributed by atoms with Gasteiger partial charge in [0, 0.05) is 18.7 Å². The highest BCUT2D eigenvalue weighted by atomic mass is 35.5. The van der Waals surface area contributed by atoms with Crippen molar-refractivity contribution in [3.8, 4) is 0 Å². The van der Waals surface area contributed by atoms with Crippen molar-refractivity contribution in [1.82, 2.24) is 15.3 Å². The zero-order valence-corrected chi connectivity index (χ0v) is 12.7. The van der Waals surface area contributed by atoms with Crippen molar-refractivity contribution in [3.05, 3.63) is 11.2 Å². The van der Waals surface area contributed by atoms with Crippen molar-refractivity contribution in [2.75, 3.05) is 24.7 Å². The van der Waals surface area contributed by atoms with Gasteiger partial charge in [-0.2, -0.15) is 0 Å². The van der Waals surface area contributed by atoms with Crippen molar-refractivity contribution in [2.45, 2.75) is 30.5 Å². The van der Waals surface area contributed by atoms with Crippen LogP contribution >= 0.6 is 35.8 Å². The Balaban J connectivity index is 0.00000162. The second-order valence-corrected chi connectivity index (χ2v) is 5.25. The topological polar surface area (TPSA) is 49.8 Å². The Morgan fingerprint density at radius 2 is 2.33 bits per heavy atom. The van der Waals surface area contributed by atoms with E-state index in [-0.39, 0.29) is 12.4 Å². The number of anilines is 1. The molecule has 0 aliphatic carbocycles. The van der Waals surface area contributed by atoms with Gasteiger partial charge >= 0.3 is 0 Å². The van der Waals surface area contributed by atoms with Gasteiger partial charge in [0.15, 0.2) is 5.16 Å². The van der Waals surface area contributed by atoms with E-state index < -0.39 is 0 Å². The van der Waals surface area contributed by atoms with E-state index in [1.807, 2.05) is 6.26 Å². The summed E-state index contributed by atoms with van der Waals surface area (Å²) in [5.41, 5.74) is 0. The third-order valence-corrected chi connectivity index (χ3v) is 3.54. The molecule has 2 N–H and O–H groups in total. The van der Waals surface area contributed by atoms with Gasteiger partial charge in [0.1, 0.15) is 11.0 Å². The fourth-order valence-electron chi connectivity index (χ4n) is 1.90. The van der Waals surface area contributed by atoms with E-state index in [0.29, 0.717) is 16.4 Å². The van der Waals surface area contributed by atoms with Crippen LogP contribution in [0.25, 0.3) is 0 Å². The average Bonchev–Trinajstić information content (AvgIpc) is 2.37. The molecule has 1 aromatic heterocycles. The summed E-state index contributed by atoms with van der Waals surface area (Å²) in [6, 6.07) is 2.31. The highest BCUT2D eigenvalue weighted by Gasteiger charge is 2.12. The molecule has 0 amide bonds. The van der Waals surface area contributed by atoms with Gasteiger partial charge in [0.2, 0.25) is 0 Å². The lowest BCUT2D eigenvalue weighted by atomic mass is 10.1. The van der Waals surface area contributed by atoms with Crippen LogP contribution in [0.4, 0.5) is 5.82 Å². The van der Waals surface area contributed by atoms with Crippen LogP contribution in [-0.4, -0.2) is 35.4 Å². The number of nitrogens with zero attached hydrogens (tertiary/aromatic N) is 2. The summed E-state index contributed by atoms with van der Waals surface area (Å²) >= 11 is 7.43. The highest BCUT2D eigenvalue weighted by Crippen LogP contribution is 2.17. The smallest absolute Gasteiger partial charge is 0.190 e. The highest BCUT2D eigenvalue weighted by molar-refractivity contribution is 7.98. The van der Waals surface area contributed by atoms with Gasteiger partial charge in [0.05, 0.1) is 0 Å². The van der Waals surface area contributed by atoms with Crippen LogP contribution in [0, 0.1) is 0 Å². The van der Waals surface area contributed by atoms with Gasteiger partial charge in [-0.1, -0.05) is 29.8 Å². The average molecular weight is 309 g/mol. The molecule has 0 aromatic carbocycles. The van der Waals surface area contributed by atoms with Gasteiger partial charge < -0.3 is 10.6 Å². The van der Waals surface area contributed by atoms with Crippen molar-refractivity contribution < 1.29 is 0 Å². The van der Waals surface area contributed by atoms with Crippen LogP contribution in [0.3, 0.4) is 0 Å². The second-order valence-electron chi connectivity index (χ2n) is 4.09. The van der Waals surface area contributed by atoms with Gasteiger partial charge in [0.25, 0.3) is 0 Å². The number of aromatic nitrogens is 2.